The second kappa shape index (κ2) is 5.29. The lowest BCUT2D eigenvalue weighted by molar-refractivity contribution is -0.141. The van der Waals surface area contributed by atoms with Crippen LogP contribution in [-0.4, -0.2) is 41.4 Å². The summed E-state index contributed by atoms with van der Waals surface area (Å²) < 4.78 is 30.2. The van der Waals surface area contributed by atoms with Gasteiger partial charge in [0, 0.05) is 19.2 Å². The average Bonchev–Trinajstić information content (AvgIpc) is 2.79. The highest BCUT2D eigenvalue weighted by molar-refractivity contribution is 5.79. The Morgan fingerprint density at radius 1 is 1.61 bits per heavy atom. The highest BCUT2D eigenvalue weighted by atomic mass is 19.3. The normalized spacial score (nSPS) is 19.3. The van der Waals surface area contributed by atoms with E-state index in [4.69, 9.17) is 4.74 Å². The molecule has 0 saturated carbocycles. The second-order valence-corrected chi connectivity index (χ2v) is 4.20. The smallest absolute Gasteiger partial charge is 0.315 e. The summed E-state index contributed by atoms with van der Waals surface area (Å²) in [6.07, 6.45) is -0.963. The van der Waals surface area contributed by atoms with Gasteiger partial charge in [0.1, 0.15) is 11.9 Å². The third kappa shape index (κ3) is 2.75. The van der Waals surface area contributed by atoms with E-state index in [1.165, 1.54) is 0 Å². The maximum Gasteiger partial charge on any atom is 0.315 e. The Bertz CT molecular complexity index is 440. The summed E-state index contributed by atoms with van der Waals surface area (Å²) in [5.74, 6) is -0.488. The Balaban J connectivity index is 1.94. The first-order valence-electron chi connectivity index (χ1n) is 5.73. The molecule has 2 heterocycles. The summed E-state index contributed by atoms with van der Waals surface area (Å²) in [4.78, 5) is 16.3. The van der Waals surface area contributed by atoms with Crippen molar-refractivity contribution in [2.24, 2.45) is 0 Å². The lowest BCUT2D eigenvalue weighted by atomic mass is 10.3. The van der Waals surface area contributed by atoms with E-state index in [2.05, 4.69) is 4.98 Å². The van der Waals surface area contributed by atoms with Crippen LogP contribution in [0, 0.1) is 6.92 Å². The molecule has 0 bridgehead atoms. The first-order chi connectivity index (χ1) is 8.58. The SMILES string of the molecule is Cc1ncccc1O[C@H]1CCN(C(=O)C(F)F)C1. The molecule has 0 aromatic carbocycles. The maximum atomic E-state index is 12.3. The Morgan fingerprint density at radius 3 is 3.06 bits per heavy atom. The van der Waals surface area contributed by atoms with Gasteiger partial charge in [0.2, 0.25) is 0 Å². The van der Waals surface area contributed by atoms with Crippen LogP contribution in [0.15, 0.2) is 18.3 Å². The molecule has 4 nitrogen and oxygen atoms in total. The fraction of sp³-hybridized carbons (Fsp3) is 0.500. The zero-order chi connectivity index (χ0) is 13.1. The van der Waals surface area contributed by atoms with Crippen LogP contribution in [0.2, 0.25) is 0 Å². The van der Waals surface area contributed by atoms with Gasteiger partial charge >= 0.3 is 6.43 Å². The highest BCUT2D eigenvalue weighted by Crippen LogP contribution is 2.21. The highest BCUT2D eigenvalue weighted by Gasteiger charge is 2.32. The summed E-state index contributed by atoms with van der Waals surface area (Å²) >= 11 is 0. The first-order valence-corrected chi connectivity index (χ1v) is 5.73. The predicted molar refractivity (Wildman–Crippen MR) is 60.6 cm³/mol. The summed E-state index contributed by atoms with van der Waals surface area (Å²) in [5, 5.41) is 0. The molecule has 0 unspecified atom stereocenters. The molecule has 1 aliphatic heterocycles. The Hall–Kier alpha value is -1.72. The van der Waals surface area contributed by atoms with Crippen LogP contribution >= 0.6 is 0 Å². The van der Waals surface area contributed by atoms with Crippen molar-refractivity contribution in [1.29, 1.82) is 0 Å². The molecule has 1 fully saturated rings. The maximum absolute atomic E-state index is 12.3. The van der Waals surface area contributed by atoms with Crippen LogP contribution in [0.4, 0.5) is 8.78 Å². The number of rotatable bonds is 3. The Kier molecular flexibility index (Phi) is 3.74. The third-order valence-electron chi connectivity index (χ3n) is 2.90. The van der Waals surface area contributed by atoms with Gasteiger partial charge in [-0.15, -0.1) is 0 Å². The van der Waals surface area contributed by atoms with Gasteiger partial charge in [-0.2, -0.15) is 8.78 Å². The van der Waals surface area contributed by atoms with E-state index in [-0.39, 0.29) is 12.6 Å². The van der Waals surface area contributed by atoms with E-state index in [1.807, 2.05) is 6.92 Å². The van der Waals surface area contributed by atoms with Gasteiger partial charge < -0.3 is 9.64 Å². The zero-order valence-electron chi connectivity index (χ0n) is 9.97. The lowest BCUT2D eigenvalue weighted by Crippen LogP contribution is -2.35. The molecule has 98 valence electrons. The van der Waals surface area contributed by atoms with Crippen molar-refractivity contribution in [3.05, 3.63) is 24.0 Å². The molecule has 0 spiro atoms. The molecule has 1 aromatic heterocycles. The van der Waals surface area contributed by atoms with Crippen LogP contribution in [0.5, 0.6) is 5.75 Å². The number of aromatic nitrogens is 1. The summed E-state index contributed by atoms with van der Waals surface area (Å²) in [5.41, 5.74) is 0.746. The monoisotopic (exact) mass is 256 g/mol. The van der Waals surface area contributed by atoms with Gasteiger partial charge in [0.15, 0.2) is 0 Å². The molecule has 1 saturated heterocycles. The molecule has 18 heavy (non-hydrogen) atoms. The van der Waals surface area contributed by atoms with Gasteiger partial charge in [-0.1, -0.05) is 0 Å². The van der Waals surface area contributed by atoms with Gasteiger partial charge in [0.05, 0.1) is 12.2 Å². The van der Waals surface area contributed by atoms with Crippen molar-refractivity contribution in [3.8, 4) is 5.75 Å². The quantitative estimate of drug-likeness (QED) is 0.825. The van der Waals surface area contributed by atoms with Crippen LogP contribution in [0.25, 0.3) is 0 Å². The number of hydrogen-bond donors (Lipinski definition) is 0. The van der Waals surface area contributed by atoms with Crippen LogP contribution in [0.1, 0.15) is 12.1 Å². The summed E-state index contributed by atoms with van der Waals surface area (Å²) in [7, 11) is 0. The molecule has 2 rings (SSSR count). The summed E-state index contributed by atoms with van der Waals surface area (Å²) in [6.45, 7) is 2.33. The number of amides is 1. The van der Waals surface area contributed by atoms with E-state index in [0.717, 1.165) is 10.6 Å². The topological polar surface area (TPSA) is 42.4 Å². The largest absolute Gasteiger partial charge is 0.487 e. The van der Waals surface area contributed by atoms with Gasteiger partial charge in [-0.05, 0) is 19.1 Å². The van der Waals surface area contributed by atoms with E-state index in [1.54, 1.807) is 18.3 Å². The molecule has 0 N–H and O–H groups in total. The predicted octanol–water partition coefficient (Wildman–Crippen LogP) is 1.63. The number of alkyl halides is 2. The van der Waals surface area contributed by atoms with E-state index in [9.17, 15) is 13.6 Å². The second-order valence-electron chi connectivity index (χ2n) is 4.20. The van der Waals surface area contributed by atoms with Crippen molar-refractivity contribution in [3.63, 3.8) is 0 Å². The number of aryl methyl sites for hydroxylation is 1. The van der Waals surface area contributed by atoms with Crippen LogP contribution < -0.4 is 4.74 Å². The van der Waals surface area contributed by atoms with Gasteiger partial charge in [-0.3, -0.25) is 9.78 Å². The average molecular weight is 256 g/mol. The Morgan fingerprint density at radius 2 is 2.39 bits per heavy atom. The zero-order valence-corrected chi connectivity index (χ0v) is 9.97. The number of carbonyl (C=O) groups excluding carboxylic acids is 1. The fourth-order valence-electron chi connectivity index (χ4n) is 1.94. The van der Waals surface area contributed by atoms with E-state index >= 15 is 0 Å². The molecule has 1 aromatic rings. The van der Waals surface area contributed by atoms with Crippen molar-refractivity contribution in [2.45, 2.75) is 25.9 Å². The van der Waals surface area contributed by atoms with Crippen molar-refractivity contribution in [1.82, 2.24) is 9.88 Å². The number of nitrogens with zero attached hydrogens (tertiary/aromatic N) is 2. The van der Waals surface area contributed by atoms with Crippen molar-refractivity contribution < 1.29 is 18.3 Å². The van der Waals surface area contributed by atoms with Crippen LogP contribution in [0.3, 0.4) is 0 Å². The molecule has 1 amide bonds. The minimum Gasteiger partial charge on any atom is -0.487 e. The minimum absolute atomic E-state index is 0.206. The molecular weight excluding hydrogens is 242 g/mol. The van der Waals surface area contributed by atoms with Crippen molar-refractivity contribution in [2.75, 3.05) is 13.1 Å². The third-order valence-corrected chi connectivity index (χ3v) is 2.90. The fourth-order valence-corrected chi connectivity index (χ4v) is 1.94. The van der Waals surface area contributed by atoms with Crippen LogP contribution in [-0.2, 0) is 4.79 Å². The number of carbonyl (C=O) groups is 1. The number of hydrogen-bond acceptors (Lipinski definition) is 3. The Labute approximate surface area is 104 Å². The van der Waals surface area contributed by atoms with Crippen molar-refractivity contribution >= 4 is 5.91 Å². The lowest BCUT2D eigenvalue weighted by Gasteiger charge is -2.17. The summed E-state index contributed by atoms with van der Waals surface area (Å²) in [6, 6.07) is 3.53. The van der Waals surface area contributed by atoms with E-state index < -0.39 is 12.3 Å². The molecule has 0 aliphatic carbocycles. The standard InChI is InChI=1S/C12H14F2N2O2/c1-8-10(3-2-5-15-8)18-9-4-6-16(7-9)12(17)11(13)14/h2-3,5,9,11H,4,6-7H2,1H3/t9-/m0/s1. The number of ether oxygens (including phenoxy) is 1. The molecule has 0 radical (unpaired) electrons. The molecule has 1 aliphatic rings. The van der Waals surface area contributed by atoms with Gasteiger partial charge in [0.25, 0.3) is 5.91 Å². The minimum atomic E-state index is -2.94. The number of pyridine rings is 1. The molecule has 6 heteroatoms. The number of halogens is 2. The van der Waals surface area contributed by atoms with E-state index in [0.29, 0.717) is 18.7 Å². The molecule has 1 atom stereocenters. The number of likely N-dealkylation sites (tertiary alicyclic amines) is 1. The van der Waals surface area contributed by atoms with Gasteiger partial charge in [-0.25, -0.2) is 0 Å². The molecular formula is C12H14F2N2O2. The first kappa shape index (κ1) is 12.7.